The van der Waals surface area contributed by atoms with Crippen LogP contribution in [0.25, 0.3) is 0 Å². The highest BCUT2D eigenvalue weighted by molar-refractivity contribution is 8.00. The van der Waals surface area contributed by atoms with Gasteiger partial charge in [0.2, 0.25) is 5.91 Å². The molecule has 1 atom stereocenters. The van der Waals surface area contributed by atoms with E-state index in [0.717, 1.165) is 45.7 Å². The van der Waals surface area contributed by atoms with Gasteiger partial charge in [-0.15, -0.1) is 11.8 Å². The van der Waals surface area contributed by atoms with Crippen molar-refractivity contribution in [3.05, 3.63) is 35.4 Å². The molecule has 2 saturated heterocycles. The number of hydrogen-bond donors (Lipinski definition) is 0. The average Bonchev–Trinajstić information content (AvgIpc) is 2.98. The highest BCUT2D eigenvalue weighted by atomic mass is 32.2. The third-order valence-corrected chi connectivity index (χ3v) is 6.58. The van der Waals surface area contributed by atoms with E-state index in [9.17, 15) is 4.79 Å². The third-order valence-electron chi connectivity index (χ3n) is 5.33. The van der Waals surface area contributed by atoms with Gasteiger partial charge in [-0.1, -0.05) is 38.1 Å². The minimum atomic E-state index is 0.196. The zero-order chi connectivity index (χ0) is 17.8. The maximum absolute atomic E-state index is 12.3. The number of carbonyl (C=O) groups excluding carboxylic acids is 1. The predicted octanol–water partition coefficient (Wildman–Crippen LogP) is 3.02. The molecule has 0 unspecified atom stereocenters. The van der Waals surface area contributed by atoms with Crippen LogP contribution in [0.15, 0.2) is 24.3 Å². The van der Waals surface area contributed by atoms with Crippen molar-refractivity contribution in [3.63, 3.8) is 0 Å². The molecule has 138 valence electrons. The summed E-state index contributed by atoms with van der Waals surface area (Å²) in [7, 11) is 2.19. The van der Waals surface area contributed by atoms with Crippen LogP contribution in [0.5, 0.6) is 0 Å². The molecule has 0 spiro atoms. The molecule has 2 aliphatic heterocycles. The van der Waals surface area contributed by atoms with Crippen molar-refractivity contribution in [3.8, 4) is 0 Å². The average molecular weight is 362 g/mol. The zero-order valence-corrected chi connectivity index (χ0v) is 16.6. The summed E-state index contributed by atoms with van der Waals surface area (Å²) in [5.41, 5.74) is 2.62. The summed E-state index contributed by atoms with van der Waals surface area (Å²) < 4.78 is 0. The van der Waals surface area contributed by atoms with Gasteiger partial charge in [-0.2, -0.15) is 0 Å². The standard InChI is InChI=1S/C20H31N3OS/c1-16(2)17-5-7-18(8-6-17)20-23(19(24)15-25-20)10-4-9-22-13-11-21(3)12-14-22/h5-8,16,20H,4,9-15H2,1-3H3/t20-/m1/s1. The van der Waals surface area contributed by atoms with Gasteiger partial charge in [0.15, 0.2) is 0 Å². The number of rotatable bonds is 6. The number of benzene rings is 1. The normalized spacial score (nSPS) is 23.0. The fourth-order valence-corrected chi connectivity index (χ4v) is 4.77. The van der Waals surface area contributed by atoms with Crippen LogP contribution >= 0.6 is 11.8 Å². The Hall–Kier alpha value is -1.04. The molecule has 4 nitrogen and oxygen atoms in total. The van der Waals surface area contributed by atoms with Crippen LogP contribution in [0.1, 0.15) is 42.7 Å². The first-order valence-electron chi connectivity index (χ1n) is 9.46. The van der Waals surface area contributed by atoms with Gasteiger partial charge in [0, 0.05) is 32.7 Å². The number of carbonyl (C=O) groups is 1. The second kappa shape index (κ2) is 8.56. The van der Waals surface area contributed by atoms with Gasteiger partial charge in [0.1, 0.15) is 5.37 Å². The first kappa shape index (κ1) is 18.7. The summed E-state index contributed by atoms with van der Waals surface area (Å²) in [5, 5.41) is 0.196. The molecule has 5 heteroatoms. The number of amides is 1. The molecule has 25 heavy (non-hydrogen) atoms. The number of likely N-dealkylation sites (N-methyl/N-ethyl adjacent to an activating group) is 1. The molecular formula is C20H31N3OS. The van der Waals surface area contributed by atoms with Crippen molar-refractivity contribution in [2.24, 2.45) is 0 Å². The lowest BCUT2D eigenvalue weighted by molar-refractivity contribution is -0.128. The van der Waals surface area contributed by atoms with E-state index >= 15 is 0 Å². The van der Waals surface area contributed by atoms with Crippen LogP contribution < -0.4 is 0 Å². The second-order valence-corrected chi connectivity index (χ2v) is 8.64. The SMILES string of the molecule is CC(C)c1ccc([C@H]2SCC(=O)N2CCCN2CCN(C)CC2)cc1. The van der Waals surface area contributed by atoms with E-state index in [0.29, 0.717) is 17.6 Å². The number of piperazine rings is 1. The molecule has 0 radical (unpaired) electrons. The first-order chi connectivity index (χ1) is 12.0. The minimum Gasteiger partial charge on any atom is -0.326 e. The monoisotopic (exact) mass is 361 g/mol. The smallest absolute Gasteiger partial charge is 0.233 e. The van der Waals surface area contributed by atoms with Crippen LogP contribution in [0.2, 0.25) is 0 Å². The highest BCUT2D eigenvalue weighted by Gasteiger charge is 2.32. The molecular weight excluding hydrogens is 330 g/mol. The van der Waals surface area contributed by atoms with Crippen molar-refractivity contribution in [1.82, 2.24) is 14.7 Å². The highest BCUT2D eigenvalue weighted by Crippen LogP contribution is 2.38. The molecule has 2 heterocycles. The van der Waals surface area contributed by atoms with Gasteiger partial charge in [-0.25, -0.2) is 0 Å². The van der Waals surface area contributed by atoms with Gasteiger partial charge < -0.3 is 14.7 Å². The summed E-state index contributed by atoms with van der Waals surface area (Å²) >= 11 is 1.77. The largest absolute Gasteiger partial charge is 0.326 e. The van der Waals surface area contributed by atoms with Gasteiger partial charge in [0.25, 0.3) is 0 Å². The van der Waals surface area contributed by atoms with E-state index in [1.807, 2.05) is 0 Å². The summed E-state index contributed by atoms with van der Waals surface area (Å²) in [6.45, 7) is 11.0. The summed E-state index contributed by atoms with van der Waals surface area (Å²) in [6.07, 6.45) is 1.07. The molecule has 0 N–H and O–H groups in total. The molecule has 1 amide bonds. The van der Waals surface area contributed by atoms with Crippen molar-refractivity contribution in [1.29, 1.82) is 0 Å². The molecule has 0 aliphatic carbocycles. The van der Waals surface area contributed by atoms with E-state index in [1.54, 1.807) is 11.8 Å². The van der Waals surface area contributed by atoms with Crippen molar-refractivity contribution in [2.45, 2.75) is 31.6 Å². The molecule has 0 saturated carbocycles. The van der Waals surface area contributed by atoms with Crippen LogP contribution in [0.4, 0.5) is 0 Å². The van der Waals surface area contributed by atoms with E-state index < -0.39 is 0 Å². The maximum atomic E-state index is 12.3. The zero-order valence-electron chi connectivity index (χ0n) is 15.8. The van der Waals surface area contributed by atoms with Gasteiger partial charge >= 0.3 is 0 Å². The lowest BCUT2D eigenvalue weighted by Crippen LogP contribution is -2.45. The molecule has 0 bridgehead atoms. The number of nitrogens with zero attached hydrogens (tertiary/aromatic N) is 3. The number of thioether (sulfide) groups is 1. The molecule has 2 fully saturated rings. The molecule has 1 aromatic rings. The van der Waals surface area contributed by atoms with Crippen LogP contribution in [-0.2, 0) is 4.79 Å². The fraction of sp³-hybridized carbons (Fsp3) is 0.650. The van der Waals surface area contributed by atoms with Crippen molar-refractivity contribution in [2.75, 3.05) is 52.1 Å². The Bertz CT molecular complexity index is 567. The van der Waals surface area contributed by atoms with Gasteiger partial charge in [-0.3, -0.25) is 4.79 Å². The number of hydrogen-bond acceptors (Lipinski definition) is 4. The van der Waals surface area contributed by atoms with Crippen molar-refractivity contribution < 1.29 is 4.79 Å². The summed E-state index contributed by atoms with van der Waals surface area (Å²) in [4.78, 5) is 19.3. The van der Waals surface area contributed by atoms with Gasteiger partial charge in [0.05, 0.1) is 5.75 Å². The Balaban J connectivity index is 1.54. The quantitative estimate of drug-likeness (QED) is 0.778. The predicted molar refractivity (Wildman–Crippen MR) is 106 cm³/mol. The van der Waals surface area contributed by atoms with Gasteiger partial charge in [-0.05, 0) is 37.1 Å². The lowest BCUT2D eigenvalue weighted by atomic mass is 10.0. The fourth-order valence-electron chi connectivity index (χ4n) is 3.55. The minimum absolute atomic E-state index is 0.196. The van der Waals surface area contributed by atoms with E-state index in [2.05, 4.69) is 59.9 Å². The topological polar surface area (TPSA) is 26.8 Å². The third kappa shape index (κ3) is 4.78. The summed E-state index contributed by atoms with van der Waals surface area (Å²) in [6, 6.07) is 8.84. The van der Waals surface area contributed by atoms with Crippen LogP contribution in [0, 0.1) is 0 Å². The van der Waals surface area contributed by atoms with E-state index in [4.69, 9.17) is 0 Å². The Morgan fingerprint density at radius 2 is 1.76 bits per heavy atom. The Labute approximate surface area is 156 Å². The molecule has 2 aliphatic rings. The lowest BCUT2D eigenvalue weighted by Gasteiger charge is -2.33. The Morgan fingerprint density at radius 1 is 1.08 bits per heavy atom. The second-order valence-electron chi connectivity index (χ2n) is 7.57. The van der Waals surface area contributed by atoms with E-state index in [1.165, 1.54) is 11.1 Å². The Morgan fingerprint density at radius 3 is 2.40 bits per heavy atom. The first-order valence-corrected chi connectivity index (χ1v) is 10.5. The molecule has 1 aromatic carbocycles. The molecule has 0 aromatic heterocycles. The van der Waals surface area contributed by atoms with Crippen molar-refractivity contribution >= 4 is 17.7 Å². The van der Waals surface area contributed by atoms with Crippen LogP contribution in [0.3, 0.4) is 0 Å². The van der Waals surface area contributed by atoms with Crippen LogP contribution in [-0.4, -0.2) is 72.7 Å². The van der Waals surface area contributed by atoms with E-state index in [-0.39, 0.29) is 5.37 Å². The molecule has 3 rings (SSSR count). The maximum Gasteiger partial charge on any atom is 0.233 e. The summed E-state index contributed by atoms with van der Waals surface area (Å²) in [5.74, 6) is 1.46. The Kier molecular flexibility index (Phi) is 6.42.